The highest BCUT2D eigenvalue weighted by Crippen LogP contribution is 2.26. The largest absolute Gasteiger partial charge is 0.497 e. The number of carbonyl (C=O) groups excluding carboxylic acids is 1. The van der Waals surface area contributed by atoms with E-state index in [-0.39, 0.29) is 11.3 Å². The number of nitro groups is 1. The summed E-state index contributed by atoms with van der Waals surface area (Å²) >= 11 is 1.54. The third-order valence-electron chi connectivity index (χ3n) is 2.97. The summed E-state index contributed by atoms with van der Waals surface area (Å²) in [7, 11) is 1.44. The lowest BCUT2D eigenvalue weighted by Crippen LogP contribution is -2.14. The Kier molecular flexibility index (Phi) is 5.00. The lowest BCUT2D eigenvalue weighted by Gasteiger charge is -2.08. The second-order valence-electron chi connectivity index (χ2n) is 4.33. The molecule has 0 saturated carbocycles. The molecule has 22 heavy (non-hydrogen) atoms. The first kappa shape index (κ1) is 15.8. The van der Waals surface area contributed by atoms with Crippen LogP contribution in [0.4, 0.5) is 11.4 Å². The molecule has 0 saturated heterocycles. The average molecular weight is 318 g/mol. The van der Waals surface area contributed by atoms with Crippen LogP contribution in [-0.2, 0) is 0 Å². The minimum absolute atomic E-state index is 0.0427. The third-order valence-corrected chi connectivity index (χ3v) is 3.70. The summed E-state index contributed by atoms with van der Waals surface area (Å²) in [5.74, 6) is -0.169. The van der Waals surface area contributed by atoms with E-state index >= 15 is 0 Å². The van der Waals surface area contributed by atoms with Crippen molar-refractivity contribution in [1.82, 2.24) is 0 Å². The van der Waals surface area contributed by atoms with Gasteiger partial charge in [-0.2, -0.15) is 0 Å². The fourth-order valence-electron chi connectivity index (χ4n) is 1.88. The van der Waals surface area contributed by atoms with Crippen molar-refractivity contribution < 1.29 is 14.5 Å². The molecule has 0 unspecified atom stereocenters. The van der Waals surface area contributed by atoms with Gasteiger partial charge in [0.15, 0.2) is 0 Å². The number of nitro benzene ring substituents is 1. The summed E-state index contributed by atoms with van der Waals surface area (Å²) in [5.41, 5.74) is 0.271. The van der Waals surface area contributed by atoms with Crippen LogP contribution in [0, 0.1) is 10.1 Å². The zero-order valence-electron chi connectivity index (χ0n) is 12.0. The molecule has 0 spiro atoms. The molecule has 0 aliphatic rings. The topological polar surface area (TPSA) is 81.5 Å². The predicted molar refractivity (Wildman–Crippen MR) is 85.8 cm³/mol. The second-order valence-corrected chi connectivity index (χ2v) is 5.21. The minimum Gasteiger partial charge on any atom is -0.497 e. The van der Waals surface area contributed by atoms with Gasteiger partial charge < -0.3 is 10.1 Å². The highest BCUT2D eigenvalue weighted by molar-refractivity contribution is 7.98. The molecule has 2 aromatic rings. The number of carbonyl (C=O) groups is 1. The van der Waals surface area contributed by atoms with Crippen LogP contribution >= 0.6 is 11.8 Å². The Morgan fingerprint density at radius 2 is 2.05 bits per heavy atom. The molecule has 114 valence electrons. The van der Waals surface area contributed by atoms with Gasteiger partial charge in [-0.3, -0.25) is 14.9 Å². The number of ether oxygens (including phenoxy) is 1. The first-order valence-corrected chi connectivity index (χ1v) is 7.55. The van der Waals surface area contributed by atoms with Crippen LogP contribution in [0.5, 0.6) is 5.75 Å². The summed E-state index contributed by atoms with van der Waals surface area (Å²) in [4.78, 5) is 23.8. The number of hydrogen-bond acceptors (Lipinski definition) is 5. The van der Waals surface area contributed by atoms with Crippen LogP contribution in [0.2, 0.25) is 0 Å². The van der Waals surface area contributed by atoms with Gasteiger partial charge >= 0.3 is 0 Å². The Morgan fingerprint density at radius 3 is 2.68 bits per heavy atom. The first-order valence-electron chi connectivity index (χ1n) is 6.33. The lowest BCUT2D eigenvalue weighted by atomic mass is 10.1. The number of rotatable bonds is 5. The Labute approximate surface area is 131 Å². The molecule has 0 aliphatic carbocycles. The maximum atomic E-state index is 12.3. The Morgan fingerprint density at radius 1 is 1.27 bits per heavy atom. The van der Waals surface area contributed by atoms with E-state index in [1.54, 1.807) is 30.0 Å². The normalized spacial score (nSPS) is 10.1. The standard InChI is InChI=1S/C15H14N2O4S/c1-21-11-6-7-14(17(19)20)13(9-11)15(18)16-10-4-3-5-12(8-10)22-2/h3-9H,1-2H3,(H,16,18). The number of hydrogen-bond donors (Lipinski definition) is 1. The van der Waals surface area contributed by atoms with Crippen molar-refractivity contribution in [2.45, 2.75) is 4.90 Å². The van der Waals surface area contributed by atoms with E-state index in [0.717, 1.165) is 4.90 Å². The molecule has 0 aliphatic heterocycles. The maximum absolute atomic E-state index is 12.3. The molecule has 6 nitrogen and oxygen atoms in total. The van der Waals surface area contributed by atoms with Crippen molar-refractivity contribution in [3.63, 3.8) is 0 Å². The van der Waals surface area contributed by atoms with Crippen molar-refractivity contribution >= 4 is 29.0 Å². The van der Waals surface area contributed by atoms with Crippen molar-refractivity contribution in [2.75, 3.05) is 18.7 Å². The number of anilines is 1. The number of methoxy groups -OCH3 is 1. The van der Waals surface area contributed by atoms with Gasteiger partial charge in [0.2, 0.25) is 0 Å². The van der Waals surface area contributed by atoms with Crippen LogP contribution in [0.25, 0.3) is 0 Å². The summed E-state index contributed by atoms with van der Waals surface area (Å²) in [6.07, 6.45) is 1.92. The molecule has 0 fully saturated rings. The van der Waals surface area contributed by atoms with Crippen molar-refractivity contribution in [3.8, 4) is 5.75 Å². The average Bonchev–Trinajstić information content (AvgIpc) is 2.54. The summed E-state index contributed by atoms with van der Waals surface area (Å²) in [5, 5.41) is 13.7. The molecule has 0 atom stereocenters. The second kappa shape index (κ2) is 6.95. The fourth-order valence-corrected chi connectivity index (χ4v) is 2.34. The van der Waals surface area contributed by atoms with Gasteiger partial charge in [0.05, 0.1) is 12.0 Å². The zero-order valence-corrected chi connectivity index (χ0v) is 12.8. The van der Waals surface area contributed by atoms with Crippen molar-refractivity contribution in [2.24, 2.45) is 0 Å². The van der Waals surface area contributed by atoms with E-state index in [4.69, 9.17) is 4.74 Å². The van der Waals surface area contributed by atoms with E-state index < -0.39 is 10.8 Å². The number of benzene rings is 2. The number of nitrogens with one attached hydrogen (secondary N) is 1. The van der Waals surface area contributed by atoms with Crippen molar-refractivity contribution in [1.29, 1.82) is 0 Å². The summed E-state index contributed by atoms with van der Waals surface area (Å²) < 4.78 is 5.02. The van der Waals surface area contributed by atoms with E-state index in [1.807, 2.05) is 12.3 Å². The smallest absolute Gasteiger partial charge is 0.282 e. The molecule has 2 rings (SSSR count). The highest BCUT2D eigenvalue weighted by Gasteiger charge is 2.21. The Hall–Kier alpha value is -2.54. The quantitative estimate of drug-likeness (QED) is 0.518. The van der Waals surface area contributed by atoms with E-state index in [2.05, 4.69) is 5.32 Å². The molecule has 7 heteroatoms. The number of nitrogens with zero attached hydrogens (tertiary/aromatic N) is 1. The van der Waals surface area contributed by atoms with E-state index in [9.17, 15) is 14.9 Å². The predicted octanol–water partition coefficient (Wildman–Crippen LogP) is 3.58. The molecular weight excluding hydrogens is 304 g/mol. The molecule has 0 bridgehead atoms. The monoisotopic (exact) mass is 318 g/mol. The first-order chi connectivity index (χ1) is 10.5. The fraction of sp³-hybridized carbons (Fsp3) is 0.133. The third kappa shape index (κ3) is 3.56. The molecule has 2 aromatic carbocycles. The SMILES string of the molecule is COc1ccc([N+](=O)[O-])c(C(=O)Nc2cccc(SC)c2)c1. The maximum Gasteiger partial charge on any atom is 0.282 e. The van der Waals surface area contributed by atoms with Gasteiger partial charge in [-0.25, -0.2) is 0 Å². The van der Waals surface area contributed by atoms with Gasteiger partial charge in [-0.1, -0.05) is 6.07 Å². The van der Waals surface area contributed by atoms with Crippen LogP contribution in [0.1, 0.15) is 10.4 Å². The molecule has 0 aromatic heterocycles. The van der Waals surface area contributed by atoms with E-state index in [1.165, 1.54) is 25.3 Å². The summed E-state index contributed by atoms with van der Waals surface area (Å²) in [6, 6.07) is 11.3. The van der Waals surface area contributed by atoms with Crippen LogP contribution < -0.4 is 10.1 Å². The number of thioether (sulfide) groups is 1. The van der Waals surface area contributed by atoms with Crippen LogP contribution in [0.15, 0.2) is 47.4 Å². The van der Waals surface area contributed by atoms with E-state index in [0.29, 0.717) is 11.4 Å². The molecule has 0 heterocycles. The summed E-state index contributed by atoms with van der Waals surface area (Å²) in [6.45, 7) is 0. The molecule has 0 radical (unpaired) electrons. The van der Waals surface area contributed by atoms with Crippen LogP contribution in [-0.4, -0.2) is 24.2 Å². The van der Waals surface area contributed by atoms with Crippen LogP contribution in [0.3, 0.4) is 0 Å². The van der Waals surface area contributed by atoms with Gasteiger partial charge in [0.1, 0.15) is 11.3 Å². The molecule has 1 amide bonds. The minimum atomic E-state index is -0.591. The van der Waals surface area contributed by atoms with Gasteiger partial charge in [0, 0.05) is 16.6 Å². The molecular formula is C15H14N2O4S. The Balaban J connectivity index is 2.33. The Bertz CT molecular complexity index is 718. The van der Waals surface area contributed by atoms with Crippen molar-refractivity contribution in [3.05, 3.63) is 58.1 Å². The number of amides is 1. The molecule has 1 N–H and O–H groups in total. The van der Waals surface area contributed by atoms with Gasteiger partial charge in [-0.15, -0.1) is 11.8 Å². The van der Waals surface area contributed by atoms with Gasteiger partial charge in [-0.05, 0) is 36.6 Å². The lowest BCUT2D eigenvalue weighted by molar-refractivity contribution is -0.385. The highest BCUT2D eigenvalue weighted by atomic mass is 32.2. The van der Waals surface area contributed by atoms with Gasteiger partial charge in [0.25, 0.3) is 11.6 Å². The zero-order chi connectivity index (χ0) is 16.1.